The van der Waals surface area contributed by atoms with Gasteiger partial charge in [-0.25, -0.2) is 0 Å². The van der Waals surface area contributed by atoms with E-state index in [4.69, 9.17) is 4.52 Å². The van der Waals surface area contributed by atoms with E-state index in [-0.39, 0.29) is 12.5 Å². The number of carbonyl (C=O) groups excluding carboxylic acids is 1. The Morgan fingerprint density at radius 1 is 1.24 bits per heavy atom. The normalized spacial score (nSPS) is 10.7. The van der Waals surface area contributed by atoms with Gasteiger partial charge in [-0.2, -0.15) is 4.98 Å². The second-order valence-corrected chi connectivity index (χ2v) is 5.82. The molecule has 3 rings (SSSR count). The van der Waals surface area contributed by atoms with Gasteiger partial charge in [0, 0.05) is 38.1 Å². The molecule has 0 saturated carbocycles. The van der Waals surface area contributed by atoms with Crippen LogP contribution in [0.1, 0.15) is 23.2 Å². The van der Waals surface area contributed by atoms with Gasteiger partial charge in [-0.1, -0.05) is 5.16 Å². The number of nitrogens with zero attached hydrogens (tertiary/aromatic N) is 4. The van der Waals surface area contributed by atoms with E-state index in [0.29, 0.717) is 17.3 Å². The monoisotopic (exact) mass is 339 g/mol. The molecule has 7 heteroatoms. The molecule has 0 radical (unpaired) electrons. The topological polar surface area (TPSA) is 76.2 Å². The summed E-state index contributed by atoms with van der Waals surface area (Å²) in [6, 6.07) is 11.3. The molecule has 0 spiro atoms. The minimum Gasteiger partial charge on any atom is -0.378 e. The lowest BCUT2D eigenvalue weighted by Crippen LogP contribution is -2.23. The molecule has 2 heterocycles. The second kappa shape index (κ2) is 7.21. The lowest BCUT2D eigenvalue weighted by molar-refractivity contribution is 0.0946. The van der Waals surface area contributed by atoms with Crippen LogP contribution in [0.25, 0.3) is 11.5 Å². The predicted molar refractivity (Wildman–Crippen MR) is 95.3 cm³/mol. The highest BCUT2D eigenvalue weighted by atomic mass is 16.5. The van der Waals surface area contributed by atoms with E-state index in [1.807, 2.05) is 60.9 Å². The van der Waals surface area contributed by atoms with E-state index >= 15 is 0 Å². The van der Waals surface area contributed by atoms with Crippen LogP contribution in [0.5, 0.6) is 0 Å². The maximum Gasteiger partial charge on any atom is 0.251 e. The van der Waals surface area contributed by atoms with Crippen LogP contribution < -0.4 is 10.2 Å². The third-order valence-electron chi connectivity index (χ3n) is 3.91. The van der Waals surface area contributed by atoms with Crippen molar-refractivity contribution in [2.75, 3.05) is 19.0 Å². The third kappa shape index (κ3) is 3.71. The summed E-state index contributed by atoms with van der Waals surface area (Å²) in [5, 5.41) is 6.78. The first-order valence-corrected chi connectivity index (χ1v) is 8.12. The number of nitrogens with one attached hydrogen (secondary N) is 1. The molecule has 130 valence electrons. The van der Waals surface area contributed by atoms with Crippen LogP contribution in [0.4, 0.5) is 5.69 Å². The van der Waals surface area contributed by atoms with E-state index in [9.17, 15) is 4.79 Å². The Labute approximate surface area is 146 Å². The molecule has 25 heavy (non-hydrogen) atoms. The molecule has 1 amide bonds. The van der Waals surface area contributed by atoms with Crippen LogP contribution in [-0.4, -0.2) is 34.7 Å². The summed E-state index contributed by atoms with van der Waals surface area (Å²) in [6.07, 6.45) is 1.96. The van der Waals surface area contributed by atoms with Crippen molar-refractivity contribution in [3.05, 3.63) is 54.0 Å². The molecule has 3 aromatic rings. The summed E-state index contributed by atoms with van der Waals surface area (Å²) in [7, 11) is 3.91. The van der Waals surface area contributed by atoms with Gasteiger partial charge in [-0.05, 0) is 43.3 Å². The molecule has 0 aliphatic rings. The van der Waals surface area contributed by atoms with Crippen LogP contribution in [0, 0.1) is 0 Å². The van der Waals surface area contributed by atoms with Crippen LogP contribution >= 0.6 is 0 Å². The first-order chi connectivity index (χ1) is 12.1. The average Bonchev–Trinajstić information content (AvgIpc) is 3.28. The zero-order valence-corrected chi connectivity index (χ0v) is 14.6. The van der Waals surface area contributed by atoms with Gasteiger partial charge in [-0.15, -0.1) is 0 Å². The first kappa shape index (κ1) is 16.8. The van der Waals surface area contributed by atoms with Gasteiger partial charge in [0.05, 0.1) is 12.2 Å². The Morgan fingerprint density at radius 2 is 2.00 bits per heavy atom. The first-order valence-electron chi connectivity index (χ1n) is 8.12. The molecular formula is C18H21N5O2. The van der Waals surface area contributed by atoms with Crippen LogP contribution in [0.15, 0.2) is 47.1 Å². The molecule has 0 bridgehead atoms. The number of anilines is 1. The van der Waals surface area contributed by atoms with Gasteiger partial charge < -0.3 is 19.3 Å². The second-order valence-electron chi connectivity index (χ2n) is 5.82. The summed E-state index contributed by atoms with van der Waals surface area (Å²) < 4.78 is 7.26. The molecule has 7 nitrogen and oxygen atoms in total. The lowest BCUT2D eigenvalue weighted by atomic mass is 10.2. The molecule has 0 aliphatic carbocycles. The average molecular weight is 339 g/mol. The number of benzene rings is 1. The fourth-order valence-corrected chi connectivity index (χ4v) is 2.49. The van der Waals surface area contributed by atoms with Crippen molar-refractivity contribution in [2.45, 2.75) is 20.0 Å². The van der Waals surface area contributed by atoms with Gasteiger partial charge in [0.1, 0.15) is 0 Å². The fraction of sp³-hybridized carbons (Fsp3) is 0.278. The van der Waals surface area contributed by atoms with Crippen molar-refractivity contribution in [3.63, 3.8) is 0 Å². The van der Waals surface area contributed by atoms with Crippen molar-refractivity contribution in [1.29, 1.82) is 0 Å². The van der Waals surface area contributed by atoms with Crippen molar-refractivity contribution in [1.82, 2.24) is 20.0 Å². The highest BCUT2D eigenvalue weighted by Gasteiger charge is 2.13. The van der Waals surface area contributed by atoms with Crippen molar-refractivity contribution in [3.8, 4) is 11.5 Å². The summed E-state index contributed by atoms with van der Waals surface area (Å²) in [4.78, 5) is 18.5. The number of aryl methyl sites for hydroxylation is 1. The zero-order valence-electron chi connectivity index (χ0n) is 14.6. The number of hydrogen-bond acceptors (Lipinski definition) is 5. The fourth-order valence-electron chi connectivity index (χ4n) is 2.49. The van der Waals surface area contributed by atoms with E-state index < -0.39 is 0 Å². The Bertz CT molecular complexity index is 848. The van der Waals surface area contributed by atoms with Gasteiger partial charge in [0.15, 0.2) is 0 Å². The minimum absolute atomic E-state index is 0.179. The Kier molecular flexibility index (Phi) is 4.83. The SMILES string of the molecule is CCn1cccc1-c1noc(CNC(=O)c2ccc(N(C)C)cc2)n1. The Morgan fingerprint density at radius 3 is 2.68 bits per heavy atom. The highest BCUT2D eigenvalue weighted by molar-refractivity contribution is 5.94. The number of carbonyl (C=O) groups is 1. The molecule has 2 aromatic heterocycles. The molecule has 0 aliphatic heterocycles. The van der Waals surface area contributed by atoms with Crippen molar-refractivity contribution < 1.29 is 9.32 Å². The highest BCUT2D eigenvalue weighted by Crippen LogP contribution is 2.17. The quantitative estimate of drug-likeness (QED) is 0.747. The maximum absolute atomic E-state index is 12.2. The summed E-state index contributed by atoms with van der Waals surface area (Å²) in [5.74, 6) is 0.713. The molecule has 1 N–H and O–H groups in total. The largest absolute Gasteiger partial charge is 0.378 e. The van der Waals surface area contributed by atoms with Crippen LogP contribution in [0.2, 0.25) is 0 Å². The number of rotatable bonds is 6. The van der Waals surface area contributed by atoms with Crippen molar-refractivity contribution in [2.24, 2.45) is 0 Å². The summed E-state index contributed by atoms with van der Waals surface area (Å²) >= 11 is 0. The minimum atomic E-state index is -0.179. The Hall–Kier alpha value is -3.09. The van der Waals surface area contributed by atoms with E-state index in [1.54, 1.807) is 12.1 Å². The molecule has 0 saturated heterocycles. The third-order valence-corrected chi connectivity index (χ3v) is 3.91. The molecular weight excluding hydrogens is 318 g/mol. The van der Waals surface area contributed by atoms with E-state index in [1.165, 1.54) is 0 Å². The van der Waals surface area contributed by atoms with Crippen molar-refractivity contribution >= 4 is 11.6 Å². The number of hydrogen-bond donors (Lipinski definition) is 1. The van der Waals surface area contributed by atoms with E-state index in [0.717, 1.165) is 17.9 Å². The van der Waals surface area contributed by atoms with Crippen LogP contribution in [0.3, 0.4) is 0 Å². The smallest absolute Gasteiger partial charge is 0.251 e. The van der Waals surface area contributed by atoms with Gasteiger partial charge in [0.2, 0.25) is 11.7 Å². The molecule has 0 fully saturated rings. The summed E-state index contributed by atoms with van der Waals surface area (Å²) in [6.45, 7) is 3.06. The maximum atomic E-state index is 12.2. The zero-order chi connectivity index (χ0) is 17.8. The summed E-state index contributed by atoms with van der Waals surface area (Å²) in [5.41, 5.74) is 2.52. The number of amides is 1. The number of aromatic nitrogens is 3. The Balaban J connectivity index is 1.63. The van der Waals surface area contributed by atoms with Gasteiger partial charge >= 0.3 is 0 Å². The standard InChI is InChI=1S/C18H21N5O2/c1-4-23-11-5-6-15(23)17-20-16(25-21-17)12-19-18(24)13-7-9-14(10-8-13)22(2)3/h5-11H,4,12H2,1-3H3,(H,19,24). The lowest BCUT2D eigenvalue weighted by Gasteiger charge is -2.12. The van der Waals surface area contributed by atoms with E-state index in [2.05, 4.69) is 15.5 Å². The molecule has 1 aromatic carbocycles. The van der Waals surface area contributed by atoms with Gasteiger partial charge in [-0.3, -0.25) is 4.79 Å². The molecule has 0 atom stereocenters. The van der Waals surface area contributed by atoms with Crippen LogP contribution in [-0.2, 0) is 13.1 Å². The predicted octanol–water partition coefficient (Wildman–Crippen LogP) is 2.55. The van der Waals surface area contributed by atoms with Gasteiger partial charge in [0.25, 0.3) is 5.91 Å². The molecule has 0 unspecified atom stereocenters.